The largest absolute Gasteiger partial charge is 0.322 e. The zero-order valence-corrected chi connectivity index (χ0v) is 14.9. The second-order valence-corrected chi connectivity index (χ2v) is 6.94. The van der Waals surface area contributed by atoms with Gasteiger partial charge in [0.25, 0.3) is 0 Å². The van der Waals surface area contributed by atoms with Crippen LogP contribution in [0.3, 0.4) is 0 Å². The van der Waals surface area contributed by atoms with Crippen LogP contribution in [0, 0.1) is 0 Å². The monoisotopic (exact) mass is 367 g/mol. The molecule has 1 amide bonds. The van der Waals surface area contributed by atoms with Gasteiger partial charge in [-0.05, 0) is 59.2 Å². The van der Waals surface area contributed by atoms with Crippen molar-refractivity contribution in [2.24, 2.45) is 0 Å². The van der Waals surface area contributed by atoms with Crippen molar-refractivity contribution >= 4 is 51.6 Å². The number of rotatable bonds is 3. The Labute approximate surface area is 156 Å². The zero-order chi connectivity index (χ0) is 17.4. The number of carbonyl (C=O) groups excluding carboxylic acids is 1. The van der Waals surface area contributed by atoms with E-state index in [-0.39, 0.29) is 5.91 Å². The summed E-state index contributed by atoms with van der Waals surface area (Å²) in [7, 11) is 0. The summed E-state index contributed by atoms with van der Waals surface area (Å²) in [4.78, 5) is 12.3. The third-order valence-electron chi connectivity index (χ3n) is 4.51. The summed E-state index contributed by atoms with van der Waals surface area (Å²) in [5, 5.41) is 6.44. The van der Waals surface area contributed by atoms with E-state index >= 15 is 0 Å². The summed E-state index contributed by atoms with van der Waals surface area (Å²) >= 11 is 12.0. The lowest BCUT2D eigenvalue weighted by Crippen LogP contribution is -2.08. The molecule has 0 saturated carbocycles. The molecule has 1 N–H and O–H groups in total. The molecule has 3 aromatic rings. The molecule has 0 atom stereocenters. The topological polar surface area (TPSA) is 29.1 Å². The fourth-order valence-electron chi connectivity index (χ4n) is 3.33. The average molecular weight is 368 g/mol. The predicted octanol–water partition coefficient (Wildman–Crippen LogP) is 5.90. The van der Waals surface area contributed by atoms with Crippen LogP contribution in [0.1, 0.15) is 16.7 Å². The Balaban J connectivity index is 1.59. The van der Waals surface area contributed by atoms with Crippen LogP contribution in [0.2, 0.25) is 10.0 Å². The summed E-state index contributed by atoms with van der Waals surface area (Å²) in [6.07, 6.45) is 5.31. The average Bonchev–Trinajstić information content (AvgIpc) is 3.01. The number of nitrogens with one attached hydrogen (secondary N) is 1. The molecule has 1 aliphatic rings. The Morgan fingerprint density at radius 3 is 2.60 bits per heavy atom. The Bertz CT molecular complexity index is 1010. The first-order valence-electron chi connectivity index (χ1n) is 8.09. The van der Waals surface area contributed by atoms with Gasteiger partial charge >= 0.3 is 0 Å². The normalized spacial score (nSPS) is 12.9. The van der Waals surface area contributed by atoms with Crippen molar-refractivity contribution in [3.05, 3.63) is 81.3 Å². The number of halogens is 2. The van der Waals surface area contributed by atoms with Crippen molar-refractivity contribution in [3.8, 4) is 0 Å². The maximum Gasteiger partial charge on any atom is 0.248 e. The van der Waals surface area contributed by atoms with Gasteiger partial charge in [0.15, 0.2) is 0 Å². The number of carbonyl (C=O) groups is 1. The molecule has 0 fully saturated rings. The van der Waals surface area contributed by atoms with Gasteiger partial charge in [0, 0.05) is 27.2 Å². The van der Waals surface area contributed by atoms with Gasteiger partial charge in [-0.15, -0.1) is 0 Å². The molecule has 0 bridgehead atoms. The van der Waals surface area contributed by atoms with Gasteiger partial charge in [0.1, 0.15) is 0 Å². The third-order valence-corrected chi connectivity index (χ3v) is 5.07. The van der Waals surface area contributed by atoms with E-state index in [1.807, 2.05) is 12.1 Å². The van der Waals surface area contributed by atoms with Gasteiger partial charge in [-0.2, -0.15) is 0 Å². The van der Waals surface area contributed by atoms with Crippen molar-refractivity contribution < 1.29 is 4.79 Å². The summed E-state index contributed by atoms with van der Waals surface area (Å²) in [6.45, 7) is 0. The number of hydrogen-bond donors (Lipinski definition) is 1. The Hall–Kier alpha value is -2.29. The van der Waals surface area contributed by atoms with Crippen LogP contribution in [-0.2, 0) is 17.6 Å². The highest BCUT2D eigenvalue weighted by molar-refractivity contribution is 6.35. The first-order chi connectivity index (χ1) is 12.1. The predicted molar refractivity (Wildman–Crippen MR) is 105 cm³/mol. The molecular weight excluding hydrogens is 353 g/mol. The second-order valence-electron chi connectivity index (χ2n) is 6.10. The van der Waals surface area contributed by atoms with E-state index < -0.39 is 0 Å². The second kappa shape index (κ2) is 6.55. The fraction of sp³-hybridized carbons (Fsp3) is 0.0952. The first kappa shape index (κ1) is 16.2. The molecule has 0 spiro atoms. The lowest BCUT2D eigenvalue weighted by atomic mass is 10.0. The highest BCUT2D eigenvalue weighted by atomic mass is 35.5. The van der Waals surface area contributed by atoms with E-state index in [1.165, 1.54) is 22.6 Å². The maximum absolute atomic E-state index is 12.3. The number of hydrogen-bond acceptors (Lipinski definition) is 1. The van der Waals surface area contributed by atoms with Crippen LogP contribution in [-0.4, -0.2) is 5.91 Å². The minimum atomic E-state index is -0.190. The van der Waals surface area contributed by atoms with E-state index in [0.717, 1.165) is 29.5 Å². The highest BCUT2D eigenvalue weighted by Crippen LogP contribution is 2.35. The van der Waals surface area contributed by atoms with E-state index in [0.29, 0.717) is 10.0 Å². The lowest BCUT2D eigenvalue weighted by molar-refractivity contribution is -0.111. The summed E-state index contributed by atoms with van der Waals surface area (Å²) in [5.41, 5.74) is 4.29. The van der Waals surface area contributed by atoms with Gasteiger partial charge in [-0.1, -0.05) is 53.5 Å². The molecule has 3 aromatic carbocycles. The molecule has 4 heteroatoms. The van der Waals surface area contributed by atoms with E-state index in [1.54, 1.807) is 24.3 Å². The van der Waals surface area contributed by atoms with Crippen molar-refractivity contribution in [1.82, 2.24) is 0 Å². The quantitative estimate of drug-likeness (QED) is 0.573. The minimum absolute atomic E-state index is 0.190. The molecule has 124 valence electrons. The van der Waals surface area contributed by atoms with Crippen LogP contribution < -0.4 is 5.32 Å². The third kappa shape index (κ3) is 3.15. The molecule has 0 heterocycles. The van der Waals surface area contributed by atoms with Gasteiger partial charge in [0.2, 0.25) is 5.91 Å². The molecule has 0 radical (unpaired) electrons. The molecule has 25 heavy (non-hydrogen) atoms. The van der Waals surface area contributed by atoms with Gasteiger partial charge < -0.3 is 5.32 Å². The van der Waals surface area contributed by atoms with Crippen molar-refractivity contribution in [2.75, 3.05) is 5.32 Å². The van der Waals surface area contributed by atoms with Crippen LogP contribution in [0.4, 0.5) is 5.69 Å². The van der Waals surface area contributed by atoms with E-state index in [4.69, 9.17) is 23.2 Å². The number of aryl methyl sites for hydroxylation is 2. The number of benzene rings is 3. The van der Waals surface area contributed by atoms with Crippen LogP contribution >= 0.6 is 23.2 Å². The SMILES string of the molecule is O=C(/C=C/c1ccc(Cl)cc1Cl)Nc1ccc2c3c(cccc13)CC2. The number of amides is 1. The maximum atomic E-state index is 12.3. The van der Waals surface area contributed by atoms with Crippen molar-refractivity contribution in [3.63, 3.8) is 0 Å². The highest BCUT2D eigenvalue weighted by Gasteiger charge is 2.16. The molecule has 2 nitrogen and oxygen atoms in total. The summed E-state index contributed by atoms with van der Waals surface area (Å²) < 4.78 is 0. The van der Waals surface area contributed by atoms with Crippen LogP contribution in [0.25, 0.3) is 16.8 Å². The Morgan fingerprint density at radius 1 is 1.00 bits per heavy atom. The number of anilines is 1. The summed E-state index contributed by atoms with van der Waals surface area (Å²) in [5.74, 6) is -0.190. The molecule has 0 saturated heterocycles. The Morgan fingerprint density at radius 2 is 1.80 bits per heavy atom. The van der Waals surface area contributed by atoms with Gasteiger partial charge in [0.05, 0.1) is 0 Å². The molecule has 0 aliphatic heterocycles. The molecule has 1 aliphatic carbocycles. The molecule has 0 aromatic heterocycles. The minimum Gasteiger partial charge on any atom is -0.322 e. The summed E-state index contributed by atoms with van der Waals surface area (Å²) in [6, 6.07) is 15.5. The standard InChI is InChI=1S/C21H15Cl2NO/c22-16-9-6-13(18(23)12-16)8-11-20(25)24-19-10-7-15-5-4-14-2-1-3-17(19)21(14)15/h1-3,6-12H,4-5H2,(H,24,25)/b11-8+. The van der Waals surface area contributed by atoms with E-state index in [2.05, 4.69) is 23.5 Å². The molecule has 0 unspecified atom stereocenters. The van der Waals surface area contributed by atoms with Crippen LogP contribution in [0.15, 0.2) is 54.6 Å². The first-order valence-corrected chi connectivity index (χ1v) is 8.85. The van der Waals surface area contributed by atoms with Crippen molar-refractivity contribution in [1.29, 1.82) is 0 Å². The molecule has 4 rings (SSSR count). The van der Waals surface area contributed by atoms with Crippen molar-refractivity contribution in [2.45, 2.75) is 12.8 Å². The van der Waals surface area contributed by atoms with E-state index in [9.17, 15) is 4.79 Å². The van der Waals surface area contributed by atoms with Crippen LogP contribution in [0.5, 0.6) is 0 Å². The fourth-order valence-corrected chi connectivity index (χ4v) is 3.80. The smallest absolute Gasteiger partial charge is 0.248 e. The van der Waals surface area contributed by atoms with Gasteiger partial charge in [-0.3, -0.25) is 4.79 Å². The zero-order valence-electron chi connectivity index (χ0n) is 13.4. The molecular formula is C21H15Cl2NO. The lowest BCUT2D eigenvalue weighted by Gasteiger charge is -2.09. The Kier molecular flexibility index (Phi) is 4.24. The van der Waals surface area contributed by atoms with Gasteiger partial charge in [-0.25, -0.2) is 0 Å².